The van der Waals surface area contributed by atoms with Crippen LogP contribution in [0.4, 0.5) is 0 Å². The standard InChI is InChI=1S/C20H21ClO4/c1-13(12-14-8-10-15(21)11-9-14)18(20(24-2)25-3)19(23)16-6-4-5-7-17(16)22/h4-12,18,20,22H,1-3H3/b13-12+. The van der Waals surface area contributed by atoms with E-state index >= 15 is 0 Å². The quantitative estimate of drug-likeness (QED) is 0.580. The summed E-state index contributed by atoms with van der Waals surface area (Å²) in [7, 11) is 2.96. The van der Waals surface area contributed by atoms with E-state index in [0.29, 0.717) is 5.02 Å². The van der Waals surface area contributed by atoms with Gasteiger partial charge in [0.05, 0.1) is 11.5 Å². The summed E-state index contributed by atoms with van der Waals surface area (Å²) in [4.78, 5) is 13.0. The van der Waals surface area contributed by atoms with Crippen molar-refractivity contribution in [3.8, 4) is 5.75 Å². The molecule has 0 aliphatic rings. The van der Waals surface area contributed by atoms with Gasteiger partial charge in [0.2, 0.25) is 0 Å². The number of phenols is 1. The fourth-order valence-electron chi connectivity index (χ4n) is 2.67. The molecule has 0 saturated carbocycles. The van der Waals surface area contributed by atoms with Gasteiger partial charge < -0.3 is 14.6 Å². The van der Waals surface area contributed by atoms with E-state index in [1.807, 2.05) is 25.1 Å². The number of para-hydroxylation sites is 1. The molecule has 25 heavy (non-hydrogen) atoms. The Labute approximate surface area is 152 Å². The molecule has 132 valence electrons. The number of benzene rings is 2. The molecule has 2 aromatic rings. The second kappa shape index (κ2) is 8.81. The van der Waals surface area contributed by atoms with Crippen LogP contribution in [0.2, 0.25) is 5.02 Å². The zero-order valence-electron chi connectivity index (χ0n) is 14.4. The first-order valence-corrected chi connectivity index (χ1v) is 8.17. The predicted molar refractivity (Wildman–Crippen MR) is 98.8 cm³/mol. The van der Waals surface area contributed by atoms with Crippen molar-refractivity contribution in [3.63, 3.8) is 0 Å². The summed E-state index contributed by atoms with van der Waals surface area (Å²) < 4.78 is 10.7. The number of Topliss-reactive ketones (excluding diaryl/α,β-unsaturated/α-hetero) is 1. The van der Waals surface area contributed by atoms with Crippen LogP contribution in [-0.2, 0) is 9.47 Å². The number of hydrogen-bond donors (Lipinski definition) is 1. The highest BCUT2D eigenvalue weighted by Gasteiger charge is 2.32. The van der Waals surface area contributed by atoms with Crippen LogP contribution in [0.3, 0.4) is 0 Å². The average Bonchev–Trinajstić information content (AvgIpc) is 2.61. The maximum Gasteiger partial charge on any atom is 0.178 e. The number of ether oxygens (including phenoxy) is 2. The van der Waals surface area contributed by atoms with E-state index in [1.54, 1.807) is 30.3 Å². The summed E-state index contributed by atoms with van der Waals surface area (Å²) in [6, 6.07) is 13.7. The number of phenolic OH excluding ortho intramolecular Hbond substituents is 1. The number of methoxy groups -OCH3 is 2. The Morgan fingerprint density at radius 1 is 1.08 bits per heavy atom. The van der Waals surface area contributed by atoms with Gasteiger partial charge in [-0.2, -0.15) is 0 Å². The summed E-state index contributed by atoms with van der Waals surface area (Å²) in [5.74, 6) is -1.03. The van der Waals surface area contributed by atoms with Crippen LogP contribution in [-0.4, -0.2) is 31.4 Å². The second-order valence-electron chi connectivity index (χ2n) is 5.64. The van der Waals surface area contributed by atoms with Crippen LogP contribution in [0.5, 0.6) is 5.75 Å². The van der Waals surface area contributed by atoms with Crippen LogP contribution >= 0.6 is 11.6 Å². The molecule has 1 unspecified atom stereocenters. The maximum absolute atomic E-state index is 13.0. The normalized spacial score (nSPS) is 13.1. The SMILES string of the molecule is COC(OC)C(C(=O)c1ccccc1O)/C(C)=C/c1ccc(Cl)cc1. The Morgan fingerprint density at radius 2 is 1.68 bits per heavy atom. The van der Waals surface area contributed by atoms with E-state index < -0.39 is 12.2 Å². The smallest absolute Gasteiger partial charge is 0.178 e. The van der Waals surface area contributed by atoms with Gasteiger partial charge in [-0.05, 0) is 36.8 Å². The summed E-state index contributed by atoms with van der Waals surface area (Å²) >= 11 is 5.91. The molecule has 0 fully saturated rings. The first-order chi connectivity index (χ1) is 12.0. The van der Waals surface area contributed by atoms with Crippen LogP contribution in [0.25, 0.3) is 6.08 Å². The van der Waals surface area contributed by atoms with Gasteiger partial charge in [0.25, 0.3) is 0 Å². The number of halogens is 1. The molecule has 0 saturated heterocycles. The van der Waals surface area contributed by atoms with Crippen molar-refractivity contribution >= 4 is 23.5 Å². The average molecular weight is 361 g/mol. The van der Waals surface area contributed by atoms with E-state index in [0.717, 1.165) is 11.1 Å². The van der Waals surface area contributed by atoms with Crippen molar-refractivity contribution in [2.75, 3.05) is 14.2 Å². The van der Waals surface area contributed by atoms with Gasteiger partial charge in [0.15, 0.2) is 12.1 Å². The third-order valence-electron chi connectivity index (χ3n) is 3.94. The second-order valence-corrected chi connectivity index (χ2v) is 6.08. The molecule has 0 amide bonds. The molecule has 0 bridgehead atoms. The lowest BCUT2D eigenvalue weighted by Gasteiger charge is -2.25. The van der Waals surface area contributed by atoms with Crippen molar-refractivity contribution in [1.29, 1.82) is 0 Å². The minimum absolute atomic E-state index is 0.0669. The molecule has 2 rings (SSSR count). The van der Waals surface area contributed by atoms with Gasteiger partial charge in [-0.15, -0.1) is 0 Å². The molecule has 0 aliphatic heterocycles. The molecule has 0 spiro atoms. The lowest BCUT2D eigenvalue weighted by molar-refractivity contribution is -0.119. The minimum Gasteiger partial charge on any atom is -0.507 e. The van der Waals surface area contributed by atoms with Crippen LogP contribution in [0.1, 0.15) is 22.8 Å². The van der Waals surface area contributed by atoms with Crippen LogP contribution < -0.4 is 0 Å². The Kier molecular flexibility index (Phi) is 6.76. The highest BCUT2D eigenvalue weighted by Crippen LogP contribution is 2.28. The monoisotopic (exact) mass is 360 g/mol. The van der Waals surface area contributed by atoms with E-state index in [-0.39, 0.29) is 17.1 Å². The van der Waals surface area contributed by atoms with E-state index in [2.05, 4.69) is 0 Å². The Hall–Kier alpha value is -2.14. The first kappa shape index (κ1) is 19.2. The van der Waals surface area contributed by atoms with Crippen molar-refractivity contribution in [3.05, 3.63) is 70.3 Å². The lowest BCUT2D eigenvalue weighted by Crippen LogP contribution is -2.32. The van der Waals surface area contributed by atoms with Crippen molar-refractivity contribution < 1.29 is 19.4 Å². The third-order valence-corrected chi connectivity index (χ3v) is 4.20. The zero-order chi connectivity index (χ0) is 18.4. The number of carbonyl (C=O) groups is 1. The highest BCUT2D eigenvalue weighted by molar-refractivity contribution is 6.30. The topological polar surface area (TPSA) is 55.8 Å². The fraction of sp³-hybridized carbons (Fsp3) is 0.250. The van der Waals surface area contributed by atoms with E-state index in [4.69, 9.17) is 21.1 Å². The summed E-state index contributed by atoms with van der Waals surface area (Å²) in [5.41, 5.74) is 1.89. The minimum atomic E-state index is -0.768. The van der Waals surface area contributed by atoms with Gasteiger partial charge in [-0.1, -0.05) is 47.5 Å². The van der Waals surface area contributed by atoms with Gasteiger partial charge in [-0.3, -0.25) is 4.79 Å². The van der Waals surface area contributed by atoms with Crippen molar-refractivity contribution in [1.82, 2.24) is 0 Å². The third kappa shape index (κ3) is 4.69. The Bertz CT molecular complexity index is 749. The molecular formula is C20H21ClO4. The molecule has 1 N–H and O–H groups in total. The Morgan fingerprint density at radius 3 is 2.24 bits per heavy atom. The summed E-state index contributed by atoms with van der Waals surface area (Å²) in [6.45, 7) is 1.84. The first-order valence-electron chi connectivity index (χ1n) is 7.79. The zero-order valence-corrected chi connectivity index (χ0v) is 15.2. The van der Waals surface area contributed by atoms with E-state index in [1.165, 1.54) is 20.3 Å². The molecular weight excluding hydrogens is 340 g/mol. The lowest BCUT2D eigenvalue weighted by atomic mass is 9.89. The van der Waals surface area contributed by atoms with Gasteiger partial charge >= 0.3 is 0 Å². The highest BCUT2D eigenvalue weighted by atomic mass is 35.5. The summed E-state index contributed by atoms with van der Waals surface area (Å²) in [6.07, 6.45) is 1.11. The van der Waals surface area contributed by atoms with Gasteiger partial charge in [0, 0.05) is 19.2 Å². The molecule has 2 aromatic carbocycles. The number of carbonyl (C=O) groups excluding carboxylic acids is 1. The molecule has 5 heteroatoms. The molecule has 0 aliphatic carbocycles. The van der Waals surface area contributed by atoms with Crippen molar-refractivity contribution in [2.45, 2.75) is 13.2 Å². The van der Waals surface area contributed by atoms with Gasteiger partial charge in [0.1, 0.15) is 5.75 Å². The number of ketones is 1. The number of aromatic hydroxyl groups is 1. The number of rotatable bonds is 7. The molecule has 0 radical (unpaired) electrons. The van der Waals surface area contributed by atoms with E-state index in [9.17, 15) is 9.90 Å². The largest absolute Gasteiger partial charge is 0.507 e. The maximum atomic E-state index is 13.0. The van der Waals surface area contributed by atoms with Crippen LogP contribution in [0, 0.1) is 5.92 Å². The number of hydrogen-bond acceptors (Lipinski definition) is 4. The van der Waals surface area contributed by atoms with Crippen LogP contribution in [0.15, 0.2) is 54.1 Å². The molecule has 1 atom stereocenters. The predicted octanol–water partition coefficient (Wildman–Crippen LogP) is 4.57. The Balaban J connectivity index is 2.43. The van der Waals surface area contributed by atoms with Gasteiger partial charge in [-0.25, -0.2) is 0 Å². The fourth-order valence-corrected chi connectivity index (χ4v) is 2.80. The molecule has 0 heterocycles. The molecule has 0 aromatic heterocycles. The molecule has 4 nitrogen and oxygen atoms in total. The van der Waals surface area contributed by atoms with Crippen molar-refractivity contribution in [2.24, 2.45) is 5.92 Å². The summed E-state index contributed by atoms with van der Waals surface area (Å²) in [5, 5.41) is 10.7.